The third-order valence-electron chi connectivity index (χ3n) is 5.16. The Labute approximate surface area is 174 Å². The van der Waals surface area contributed by atoms with Gasteiger partial charge in [-0.1, -0.05) is 12.1 Å². The lowest BCUT2D eigenvalue weighted by Crippen LogP contribution is -2.31. The van der Waals surface area contributed by atoms with Gasteiger partial charge in [-0.2, -0.15) is 0 Å². The first-order valence-electron chi connectivity index (χ1n) is 9.86. The molecule has 0 radical (unpaired) electrons. The minimum atomic E-state index is -0.0193. The minimum absolute atomic E-state index is 0.0193. The molecule has 6 nitrogen and oxygen atoms in total. The molecule has 30 heavy (non-hydrogen) atoms. The number of carbonyl (C=O) groups is 1. The number of pyridine rings is 1. The zero-order valence-electron chi connectivity index (χ0n) is 16.3. The average molecular weight is 396 g/mol. The van der Waals surface area contributed by atoms with Crippen molar-refractivity contribution in [2.45, 2.75) is 13.0 Å². The molecule has 0 atom stereocenters. The van der Waals surface area contributed by atoms with Crippen molar-refractivity contribution in [2.75, 3.05) is 6.54 Å². The van der Waals surface area contributed by atoms with Crippen LogP contribution >= 0.6 is 0 Å². The van der Waals surface area contributed by atoms with Crippen LogP contribution in [-0.2, 0) is 13.0 Å². The standard InChI is InChI=1S/C24H20N4O2/c29-24-22-15-20(7-4-17(22)10-12-27-24)28-14-13-26-23(28)18-5-8-21(9-6-18)30-16-19-3-1-2-11-25-19/h1-9,11,13-15H,10,12,16H2,(H,27,29). The molecule has 1 amide bonds. The van der Waals surface area contributed by atoms with E-state index in [4.69, 9.17) is 4.74 Å². The van der Waals surface area contributed by atoms with Crippen LogP contribution in [0.3, 0.4) is 0 Å². The van der Waals surface area contributed by atoms with E-state index >= 15 is 0 Å². The highest BCUT2D eigenvalue weighted by Crippen LogP contribution is 2.26. The van der Waals surface area contributed by atoms with Gasteiger partial charge in [0.1, 0.15) is 18.2 Å². The monoisotopic (exact) mass is 396 g/mol. The molecule has 1 N–H and O–H groups in total. The first-order valence-corrected chi connectivity index (χ1v) is 9.86. The molecule has 5 rings (SSSR count). The van der Waals surface area contributed by atoms with E-state index in [0.29, 0.717) is 13.2 Å². The largest absolute Gasteiger partial charge is 0.487 e. The van der Waals surface area contributed by atoms with Gasteiger partial charge in [-0.05, 0) is 60.5 Å². The molecule has 6 heteroatoms. The van der Waals surface area contributed by atoms with Crippen molar-refractivity contribution in [3.05, 3.63) is 96.1 Å². The number of rotatable bonds is 5. The van der Waals surface area contributed by atoms with E-state index in [1.165, 1.54) is 0 Å². The van der Waals surface area contributed by atoms with Crippen molar-refractivity contribution in [1.82, 2.24) is 19.9 Å². The van der Waals surface area contributed by atoms with Crippen LogP contribution in [-0.4, -0.2) is 27.0 Å². The van der Waals surface area contributed by atoms with Crippen LogP contribution in [0.4, 0.5) is 0 Å². The molecule has 2 aromatic carbocycles. The quantitative estimate of drug-likeness (QED) is 0.557. The van der Waals surface area contributed by atoms with Gasteiger partial charge in [0.25, 0.3) is 5.91 Å². The fraction of sp³-hybridized carbons (Fsp3) is 0.125. The highest BCUT2D eigenvalue weighted by Gasteiger charge is 2.18. The highest BCUT2D eigenvalue weighted by atomic mass is 16.5. The topological polar surface area (TPSA) is 69.0 Å². The summed E-state index contributed by atoms with van der Waals surface area (Å²) in [5.74, 6) is 1.56. The van der Waals surface area contributed by atoms with Gasteiger partial charge < -0.3 is 10.1 Å². The summed E-state index contributed by atoms with van der Waals surface area (Å²) >= 11 is 0. The van der Waals surface area contributed by atoms with Gasteiger partial charge in [-0.25, -0.2) is 4.98 Å². The normalized spacial score (nSPS) is 12.9. The fourth-order valence-corrected chi connectivity index (χ4v) is 3.62. The Morgan fingerprint density at radius 2 is 1.90 bits per heavy atom. The highest BCUT2D eigenvalue weighted by molar-refractivity contribution is 5.97. The minimum Gasteiger partial charge on any atom is -0.487 e. The third kappa shape index (κ3) is 3.55. The van der Waals surface area contributed by atoms with Crippen LogP contribution in [0.2, 0.25) is 0 Å². The second-order valence-corrected chi connectivity index (χ2v) is 7.10. The number of benzene rings is 2. The Morgan fingerprint density at radius 1 is 1.00 bits per heavy atom. The summed E-state index contributed by atoms with van der Waals surface area (Å²) in [6.45, 7) is 1.11. The van der Waals surface area contributed by atoms with Gasteiger partial charge in [0.05, 0.1) is 5.69 Å². The Bertz CT molecular complexity index is 1180. The summed E-state index contributed by atoms with van der Waals surface area (Å²) in [5.41, 5.74) is 4.57. The predicted octanol–water partition coefficient (Wildman–Crippen LogP) is 3.80. The number of aromatic nitrogens is 3. The van der Waals surface area contributed by atoms with Crippen LogP contribution in [0, 0.1) is 0 Å². The molecule has 0 saturated carbocycles. The van der Waals surface area contributed by atoms with Gasteiger partial charge in [0, 0.05) is 41.9 Å². The molecule has 3 heterocycles. The molecular formula is C24H20N4O2. The van der Waals surface area contributed by atoms with E-state index in [2.05, 4.69) is 15.3 Å². The Kier molecular flexibility index (Phi) is 4.73. The van der Waals surface area contributed by atoms with E-state index in [1.807, 2.05) is 71.4 Å². The summed E-state index contributed by atoms with van der Waals surface area (Å²) in [6, 6.07) is 19.6. The maximum absolute atomic E-state index is 12.2. The number of ether oxygens (including phenoxy) is 1. The second kappa shape index (κ2) is 7.83. The number of amides is 1. The van der Waals surface area contributed by atoms with Crippen LogP contribution in [0.15, 0.2) is 79.3 Å². The Morgan fingerprint density at radius 3 is 2.73 bits per heavy atom. The lowest BCUT2D eigenvalue weighted by molar-refractivity contribution is 0.0946. The zero-order valence-corrected chi connectivity index (χ0v) is 16.3. The number of nitrogens with zero attached hydrogens (tertiary/aromatic N) is 3. The summed E-state index contributed by atoms with van der Waals surface area (Å²) in [4.78, 5) is 21.0. The van der Waals surface area contributed by atoms with Gasteiger partial charge in [0.15, 0.2) is 0 Å². The third-order valence-corrected chi connectivity index (χ3v) is 5.16. The maximum Gasteiger partial charge on any atom is 0.251 e. The molecule has 1 aliphatic rings. The van der Waals surface area contributed by atoms with Gasteiger partial charge in [0.2, 0.25) is 0 Å². The molecule has 0 bridgehead atoms. The second-order valence-electron chi connectivity index (χ2n) is 7.10. The van der Waals surface area contributed by atoms with Crippen LogP contribution in [0.1, 0.15) is 21.6 Å². The summed E-state index contributed by atoms with van der Waals surface area (Å²) in [5, 5.41) is 2.90. The molecule has 4 aromatic rings. The van der Waals surface area contributed by atoms with E-state index in [-0.39, 0.29) is 5.91 Å². The number of nitrogens with one attached hydrogen (secondary N) is 1. The zero-order chi connectivity index (χ0) is 20.3. The van der Waals surface area contributed by atoms with Gasteiger partial charge in [-0.3, -0.25) is 14.3 Å². The summed E-state index contributed by atoms with van der Waals surface area (Å²) in [6.07, 6.45) is 6.29. The van der Waals surface area contributed by atoms with Crippen molar-refractivity contribution in [3.63, 3.8) is 0 Å². The first kappa shape index (κ1) is 18.1. The molecular weight excluding hydrogens is 376 g/mol. The average Bonchev–Trinajstić information content (AvgIpc) is 3.29. The van der Waals surface area contributed by atoms with E-state index in [9.17, 15) is 4.79 Å². The van der Waals surface area contributed by atoms with Crippen LogP contribution < -0.4 is 10.1 Å². The maximum atomic E-state index is 12.2. The summed E-state index contributed by atoms with van der Waals surface area (Å²) < 4.78 is 7.81. The van der Waals surface area contributed by atoms with Crippen molar-refractivity contribution >= 4 is 5.91 Å². The Hall–Kier alpha value is -3.93. The number of hydrogen-bond donors (Lipinski definition) is 1. The predicted molar refractivity (Wildman–Crippen MR) is 114 cm³/mol. The van der Waals surface area contributed by atoms with E-state index in [0.717, 1.165) is 46.1 Å². The number of fused-ring (bicyclic) bond motifs is 1. The van der Waals surface area contributed by atoms with Crippen molar-refractivity contribution in [1.29, 1.82) is 0 Å². The SMILES string of the molecule is O=C1NCCc2ccc(-n3ccnc3-c3ccc(OCc4ccccn4)cc3)cc21. The van der Waals surface area contributed by atoms with Gasteiger partial charge >= 0.3 is 0 Å². The van der Waals surface area contributed by atoms with Crippen LogP contribution in [0.5, 0.6) is 5.75 Å². The molecule has 0 spiro atoms. The number of imidazole rings is 1. The molecule has 2 aromatic heterocycles. The van der Waals surface area contributed by atoms with Crippen molar-refractivity contribution in [2.24, 2.45) is 0 Å². The smallest absolute Gasteiger partial charge is 0.251 e. The number of carbonyl (C=O) groups excluding carboxylic acids is 1. The lowest BCUT2D eigenvalue weighted by atomic mass is 9.99. The van der Waals surface area contributed by atoms with Crippen molar-refractivity contribution < 1.29 is 9.53 Å². The van der Waals surface area contributed by atoms with Crippen LogP contribution in [0.25, 0.3) is 17.1 Å². The number of hydrogen-bond acceptors (Lipinski definition) is 4. The molecule has 0 unspecified atom stereocenters. The molecule has 0 saturated heterocycles. The Balaban J connectivity index is 1.38. The van der Waals surface area contributed by atoms with Gasteiger partial charge in [-0.15, -0.1) is 0 Å². The van der Waals surface area contributed by atoms with E-state index in [1.54, 1.807) is 12.4 Å². The molecule has 0 aliphatic carbocycles. The summed E-state index contributed by atoms with van der Waals surface area (Å²) in [7, 11) is 0. The molecule has 0 fully saturated rings. The van der Waals surface area contributed by atoms with Crippen molar-refractivity contribution in [3.8, 4) is 22.8 Å². The molecule has 148 valence electrons. The fourth-order valence-electron chi connectivity index (χ4n) is 3.62. The van der Waals surface area contributed by atoms with E-state index < -0.39 is 0 Å². The molecule has 1 aliphatic heterocycles. The lowest BCUT2D eigenvalue weighted by Gasteiger charge is -2.18. The first-order chi connectivity index (χ1) is 14.8.